The molecule has 3 rings (SSSR count). The van der Waals surface area contributed by atoms with Gasteiger partial charge in [0, 0.05) is 33.9 Å². The van der Waals surface area contributed by atoms with Crippen LogP contribution in [0.5, 0.6) is 0 Å². The minimum absolute atomic E-state index is 0.0717. The molecule has 0 saturated heterocycles. The third kappa shape index (κ3) is 3.82. The summed E-state index contributed by atoms with van der Waals surface area (Å²) in [4.78, 5) is 27.4. The number of Topliss-reactive ketones (excluding diaryl/α,β-unsaturated/α-hetero) is 1. The number of aromatic nitrogens is 1. The van der Waals surface area contributed by atoms with Crippen LogP contribution in [0.25, 0.3) is 10.9 Å². The summed E-state index contributed by atoms with van der Waals surface area (Å²) in [7, 11) is 0. The average Bonchev–Trinajstić information content (AvgIpc) is 3.03. The van der Waals surface area contributed by atoms with Crippen LogP contribution in [0.15, 0.2) is 59.2 Å². The number of aromatic amines is 1. The molecule has 4 nitrogen and oxygen atoms in total. The van der Waals surface area contributed by atoms with Crippen LogP contribution in [0, 0.1) is 0 Å². The first-order chi connectivity index (χ1) is 12.1. The van der Waals surface area contributed by atoms with Gasteiger partial charge < -0.3 is 9.72 Å². The third-order valence-electron chi connectivity index (χ3n) is 4.15. The predicted molar refractivity (Wildman–Crippen MR) is 101 cm³/mol. The molecule has 2 aromatic carbocycles. The van der Waals surface area contributed by atoms with Crippen LogP contribution in [0.4, 0.5) is 0 Å². The maximum absolute atomic E-state index is 12.3. The molecule has 25 heavy (non-hydrogen) atoms. The second kappa shape index (κ2) is 7.66. The van der Waals surface area contributed by atoms with Crippen LogP contribution in [-0.4, -0.2) is 23.3 Å². The number of hydrogen-bond acceptors (Lipinski definition) is 3. The van der Waals surface area contributed by atoms with E-state index in [1.54, 1.807) is 6.92 Å². The maximum atomic E-state index is 12.3. The summed E-state index contributed by atoms with van der Waals surface area (Å²) < 4.78 is 5.82. The van der Waals surface area contributed by atoms with Gasteiger partial charge in [-0.25, -0.2) is 4.79 Å². The Bertz CT molecular complexity index is 902. The molecule has 0 aliphatic rings. The van der Waals surface area contributed by atoms with Gasteiger partial charge in [0.05, 0.1) is 6.61 Å². The Kier molecular flexibility index (Phi) is 5.34. The molecule has 0 radical (unpaired) electrons. The maximum Gasteiger partial charge on any atom is 0.374 e. The number of rotatable bonds is 6. The van der Waals surface area contributed by atoms with Crippen molar-refractivity contribution in [3.8, 4) is 0 Å². The minimum Gasteiger partial charge on any atom is -0.460 e. The molecule has 1 aromatic heterocycles. The standard InChI is InChI=1S/C20H18BrNO3/c1-2-25-20(24)19(23)11-15(13-6-4-3-5-7-13)17-12-22-18-9-8-14(21)10-16(17)18/h3-10,12,15,22H,2,11H2,1H3/t15-/m1/s1. The monoisotopic (exact) mass is 399 g/mol. The van der Waals surface area contributed by atoms with Gasteiger partial charge in [-0.05, 0) is 36.2 Å². The van der Waals surface area contributed by atoms with Crippen LogP contribution in [-0.2, 0) is 14.3 Å². The lowest BCUT2D eigenvalue weighted by atomic mass is 9.87. The molecule has 1 heterocycles. The second-order valence-corrected chi connectivity index (χ2v) is 6.66. The van der Waals surface area contributed by atoms with E-state index in [2.05, 4.69) is 20.9 Å². The molecular formula is C20H18BrNO3. The summed E-state index contributed by atoms with van der Waals surface area (Å²) in [6.07, 6.45) is 1.98. The fraction of sp³-hybridized carbons (Fsp3) is 0.200. The summed E-state index contributed by atoms with van der Waals surface area (Å²) in [5, 5.41) is 1.03. The lowest BCUT2D eigenvalue weighted by Gasteiger charge is -2.16. The highest BCUT2D eigenvalue weighted by molar-refractivity contribution is 9.10. The van der Waals surface area contributed by atoms with Crippen molar-refractivity contribution < 1.29 is 14.3 Å². The van der Waals surface area contributed by atoms with Gasteiger partial charge in [0.25, 0.3) is 0 Å². The minimum atomic E-state index is -0.774. The van der Waals surface area contributed by atoms with E-state index in [-0.39, 0.29) is 18.9 Å². The van der Waals surface area contributed by atoms with Gasteiger partial charge in [0.1, 0.15) is 0 Å². The normalized spacial score (nSPS) is 12.1. The lowest BCUT2D eigenvalue weighted by Crippen LogP contribution is -2.20. The van der Waals surface area contributed by atoms with Crippen LogP contribution in [0.1, 0.15) is 30.4 Å². The zero-order valence-corrected chi connectivity index (χ0v) is 15.4. The molecule has 0 fully saturated rings. The van der Waals surface area contributed by atoms with E-state index in [9.17, 15) is 9.59 Å². The molecule has 1 atom stereocenters. The van der Waals surface area contributed by atoms with Crippen molar-refractivity contribution in [2.24, 2.45) is 0 Å². The van der Waals surface area contributed by atoms with Crippen molar-refractivity contribution in [2.75, 3.05) is 6.61 Å². The molecule has 0 aliphatic heterocycles. The Morgan fingerprint density at radius 1 is 1.16 bits per heavy atom. The lowest BCUT2D eigenvalue weighted by molar-refractivity contribution is -0.153. The molecule has 5 heteroatoms. The van der Waals surface area contributed by atoms with Crippen LogP contribution in [0.3, 0.4) is 0 Å². The van der Waals surface area contributed by atoms with E-state index >= 15 is 0 Å². The summed E-state index contributed by atoms with van der Waals surface area (Å²) in [6, 6.07) is 15.7. The van der Waals surface area contributed by atoms with Gasteiger partial charge in [0.2, 0.25) is 5.78 Å². The number of carbonyl (C=O) groups excluding carboxylic acids is 2. The number of ether oxygens (including phenoxy) is 1. The van der Waals surface area contributed by atoms with Crippen molar-refractivity contribution in [3.05, 3.63) is 70.3 Å². The summed E-state index contributed by atoms with van der Waals surface area (Å²) >= 11 is 3.50. The molecule has 128 valence electrons. The second-order valence-electron chi connectivity index (χ2n) is 5.74. The van der Waals surface area contributed by atoms with E-state index in [4.69, 9.17) is 4.74 Å². The number of fused-ring (bicyclic) bond motifs is 1. The molecule has 0 aliphatic carbocycles. The highest BCUT2D eigenvalue weighted by Crippen LogP contribution is 2.34. The third-order valence-corrected chi connectivity index (χ3v) is 4.64. The summed E-state index contributed by atoms with van der Waals surface area (Å²) in [5.74, 6) is -1.51. The smallest absolute Gasteiger partial charge is 0.374 e. The number of hydrogen-bond donors (Lipinski definition) is 1. The SMILES string of the molecule is CCOC(=O)C(=O)C[C@H](c1ccccc1)c1c[nH]c2ccc(Br)cc12. The quantitative estimate of drug-likeness (QED) is 0.487. The molecule has 0 spiro atoms. The Morgan fingerprint density at radius 2 is 1.92 bits per heavy atom. The van der Waals surface area contributed by atoms with Crippen molar-refractivity contribution in [1.29, 1.82) is 0 Å². The molecule has 0 bridgehead atoms. The van der Waals surface area contributed by atoms with Crippen molar-refractivity contribution >= 4 is 38.6 Å². The molecule has 0 unspecified atom stereocenters. The first-order valence-corrected chi connectivity index (χ1v) is 8.91. The summed E-state index contributed by atoms with van der Waals surface area (Å²) in [6.45, 7) is 1.89. The van der Waals surface area contributed by atoms with Crippen LogP contribution in [0.2, 0.25) is 0 Å². The van der Waals surface area contributed by atoms with Gasteiger partial charge in [-0.1, -0.05) is 46.3 Å². The van der Waals surface area contributed by atoms with E-state index in [1.807, 2.05) is 54.7 Å². The van der Waals surface area contributed by atoms with Gasteiger partial charge in [-0.2, -0.15) is 0 Å². The fourth-order valence-corrected chi connectivity index (χ4v) is 3.34. The number of carbonyl (C=O) groups is 2. The highest BCUT2D eigenvalue weighted by Gasteiger charge is 2.25. The summed E-state index contributed by atoms with van der Waals surface area (Å²) in [5.41, 5.74) is 2.96. The topological polar surface area (TPSA) is 59.2 Å². The van der Waals surface area contributed by atoms with Gasteiger partial charge in [-0.15, -0.1) is 0 Å². The number of ketones is 1. The van der Waals surface area contributed by atoms with Gasteiger partial charge >= 0.3 is 5.97 Å². The number of H-pyrrole nitrogens is 1. The van der Waals surface area contributed by atoms with Gasteiger partial charge in [0.15, 0.2) is 0 Å². The largest absolute Gasteiger partial charge is 0.460 e. The first kappa shape index (κ1) is 17.4. The van der Waals surface area contributed by atoms with Crippen molar-refractivity contribution in [1.82, 2.24) is 4.98 Å². The van der Waals surface area contributed by atoms with E-state index in [0.717, 1.165) is 26.5 Å². The van der Waals surface area contributed by atoms with E-state index in [1.165, 1.54) is 0 Å². The Morgan fingerprint density at radius 3 is 2.64 bits per heavy atom. The predicted octanol–water partition coefficient (Wildman–Crippen LogP) is 4.58. The zero-order valence-electron chi connectivity index (χ0n) is 13.8. The Hall–Kier alpha value is -2.40. The number of nitrogens with one attached hydrogen (secondary N) is 1. The molecule has 3 aromatic rings. The van der Waals surface area contributed by atoms with E-state index < -0.39 is 11.8 Å². The molecule has 0 saturated carbocycles. The van der Waals surface area contributed by atoms with Crippen molar-refractivity contribution in [3.63, 3.8) is 0 Å². The average molecular weight is 400 g/mol. The Labute approximate surface area is 154 Å². The fourth-order valence-electron chi connectivity index (χ4n) is 2.98. The molecule has 1 N–H and O–H groups in total. The number of benzene rings is 2. The molecule has 0 amide bonds. The van der Waals surface area contributed by atoms with Crippen molar-refractivity contribution in [2.45, 2.75) is 19.3 Å². The number of halogens is 1. The zero-order chi connectivity index (χ0) is 17.8. The number of esters is 1. The highest BCUT2D eigenvalue weighted by atomic mass is 79.9. The molecular weight excluding hydrogens is 382 g/mol. The Balaban J connectivity index is 2.03. The first-order valence-electron chi connectivity index (χ1n) is 8.11. The van der Waals surface area contributed by atoms with Gasteiger partial charge in [-0.3, -0.25) is 4.79 Å². The van der Waals surface area contributed by atoms with Crippen LogP contribution >= 0.6 is 15.9 Å². The van der Waals surface area contributed by atoms with Crippen LogP contribution < -0.4 is 0 Å². The van der Waals surface area contributed by atoms with E-state index in [0.29, 0.717) is 0 Å².